The van der Waals surface area contributed by atoms with Crippen LogP contribution >= 0.6 is 11.6 Å². The standard InChI is InChI=1S/C80H86ClN9O24/c1-34(2)23-48(84-5)72(101)89-63-65(96)41-18-21-52(39(24-41)16-13-36-11-14-38(15-12-36)37-9-7-6-8-10-37)110-54-27-43-28-55(69(54)114-79-70(68(99)67(98)56(33-91)112-79)113-58-32-80(4,83)71(100)35(3)109-58)111-53-22-19-42(26-47(53)81)66(97)64-77(106)88-62(78(107)108)46-29-44(92)30-51(94)59(46)45-25-40(17-20-50(45)93)60(74(103)90-64)87-75(104)61(43)86-73(102)49(31-57(82)95)85-76(63)105/h6-22,24-30,34-35,48-49,56,58,60-68,70-71,79,84,91-94,96-100H,23,31-33,83H2,1-5H3,(H2,82,95)(H,85,105)(H,86,102)(H,87,104)(H,88,106)(H,89,101)(H,90,103)(H,107,108)/b16-13+/t35-,48+,49-,56+,58-,60+,61+,62-,63+,64-,65+,66+,67+,68-,70+,71+,79-,80-/m0/s1. The summed E-state index contributed by atoms with van der Waals surface area (Å²) in [5, 5.41) is 133. The zero-order valence-electron chi connectivity index (χ0n) is 61.8. The number of rotatable bonds is 16. The molecule has 0 unspecified atom stereocenters. The van der Waals surface area contributed by atoms with Gasteiger partial charge in [-0.1, -0.05) is 110 Å². The third-order valence-corrected chi connectivity index (χ3v) is 20.6. The molecular weight excluding hydrogens is 1510 g/mol. The number of phenols is 3. The number of likely N-dealkylation sites (N-methyl/N-ethyl adjacent to an activating group) is 1. The molecule has 2 saturated heterocycles. The van der Waals surface area contributed by atoms with E-state index in [0.29, 0.717) is 5.56 Å². The molecule has 2 fully saturated rings. The van der Waals surface area contributed by atoms with E-state index in [9.17, 15) is 70.2 Å². The molecule has 0 spiro atoms. The van der Waals surface area contributed by atoms with Gasteiger partial charge in [-0.05, 0) is 127 Å². The number of carboxylic acid groups (broad SMARTS) is 1. The molecule has 34 heteroatoms. The molecule has 0 radical (unpaired) electrons. The summed E-state index contributed by atoms with van der Waals surface area (Å²) in [5.74, 6) is -15.7. The number of benzene rings is 7. The first kappa shape index (κ1) is 82.2. The summed E-state index contributed by atoms with van der Waals surface area (Å²) in [6.07, 6.45) is -15.5. The van der Waals surface area contributed by atoms with Gasteiger partial charge in [0.2, 0.25) is 53.4 Å². The molecule has 114 heavy (non-hydrogen) atoms. The van der Waals surface area contributed by atoms with E-state index in [1.807, 2.05) is 56.3 Å². The Morgan fingerprint density at radius 1 is 0.684 bits per heavy atom. The quantitative estimate of drug-likeness (QED) is 0.0617. The molecule has 11 bridgehead atoms. The normalized spacial score (nSPS) is 27.4. The van der Waals surface area contributed by atoms with Crippen LogP contribution in [-0.2, 0) is 52.6 Å². The first-order chi connectivity index (χ1) is 54.2. The van der Waals surface area contributed by atoms with Crippen molar-refractivity contribution in [1.29, 1.82) is 0 Å². The van der Waals surface area contributed by atoms with Crippen LogP contribution in [-0.4, -0.2) is 191 Å². The van der Waals surface area contributed by atoms with Gasteiger partial charge in [0, 0.05) is 40.3 Å². The zero-order chi connectivity index (χ0) is 82.0. The largest absolute Gasteiger partial charge is 0.508 e. The molecule has 18 atom stereocenters. The van der Waals surface area contributed by atoms with E-state index in [2.05, 4.69) is 37.2 Å². The average molecular weight is 1590 g/mol. The van der Waals surface area contributed by atoms with Gasteiger partial charge in [-0.25, -0.2) is 4.79 Å². The summed E-state index contributed by atoms with van der Waals surface area (Å²) in [6, 6.07) is 16.8. The van der Waals surface area contributed by atoms with Crippen LogP contribution < -0.4 is 62.9 Å². The molecule has 0 aromatic heterocycles. The van der Waals surface area contributed by atoms with Crippen LogP contribution in [0.3, 0.4) is 0 Å². The fourth-order valence-corrected chi connectivity index (χ4v) is 14.5. The fraction of sp³-hybridized carbons (Fsp3) is 0.350. The third kappa shape index (κ3) is 17.7. The number of halogens is 1. The van der Waals surface area contributed by atoms with Gasteiger partial charge in [-0.15, -0.1) is 0 Å². The number of nitrogens with two attached hydrogens (primary N) is 2. The maximum atomic E-state index is 16.4. The maximum absolute atomic E-state index is 16.4. The number of primary amides is 1. The number of hydrogen-bond donors (Lipinski definition) is 19. The summed E-state index contributed by atoms with van der Waals surface area (Å²) in [4.78, 5) is 119. The van der Waals surface area contributed by atoms with E-state index in [4.69, 9.17) is 51.5 Å². The number of amides is 7. The number of carbonyl (C=O) groups is 8. The molecule has 7 aliphatic rings. The molecule has 0 saturated carbocycles. The van der Waals surface area contributed by atoms with E-state index in [0.717, 1.165) is 71.8 Å². The number of aliphatic carboxylic acids is 1. The molecule has 7 aliphatic heterocycles. The Balaban J connectivity index is 1.13. The minimum absolute atomic E-state index is 0.0634. The second kappa shape index (κ2) is 34.2. The molecule has 7 heterocycles. The Bertz CT molecular complexity index is 4880. The highest BCUT2D eigenvalue weighted by atomic mass is 35.5. The van der Waals surface area contributed by atoms with Crippen molar-refractivity contribution in [2.45, 2.75) is 156 Å². The van der Waals surface area contributed by atoms with Crippen molar-refractivity contribution in [2.75, 3.05) is 13.7 Å². The number of nitrogens with one attached hydrogen (secondary N) is 7. The van der Waals surface area contributed by atoms with Gasteiger partial charge in [0.05, 0.1) is 36.3 Å². The topological polar surface area (TPSA) is 530 Å². The lowest BCUT2D eigenvalue weighted by Gasteiger charge is -2.47. The van der Waals surface area contributed by atoms with Crippen molar-refractivity contribution in [2.24, 2.45) is 17.4 Å². The van der Waals surface area contributed by atoms with Crippen molar-refractivity contribution in [3.05, 3.63) is 177 Å². The Labute approximate surface area is 656 Å². The first-order valence-electron chi connectivity index (χ1n) is 36.3. The summed E-state index contributed by atoms with van der Waals surface area (Å²) < 4.78 is 39.5. The Hall–Kier alpha value is -11.3. The number of aliphatic hydroxyl groups excluding tert-OH is 6. The predicted octanol–water partition coefficient (Wildman–Crippen LogP) is 3.29. The van der Waals surface area contributed by atoms with Gasteiger partial charge in [-0.2, -0.15) is 0 Å². The second-order valence-corrected chi connectivity index (χ2v) is 29.6. The predicted molar refractivity (Wildman–Crippen MR) is 405 cm³/mol. The number of fused-ring (bicyclic) bond motifs is 15. The van der Waals surface area contributed by atoms with Crippen LogP contribution in [0.2, 0.25) is 5.02 Å². The molecule has 7 amide bonds. The lowest BCUT2D eigenvalue weighted by molar-refractivity contribution is -0.333. The van der Waals surface area contributed by atoms with Crippen molar-refractivity contribution < 1.29 is 118 Å². The van der Waals surface area contributed by atoms with Gasteiger partial charge in [0.1, 0.15) is 89.5 Å². The van der Waals surface area contributed by atoms with Crippen LogP contribution in [0.1, 0.15) is 116 Å². The van der Waals surface area contributed by atoms with Gasteiger partial charge in [0.15, 0.2) is 29.9 Å². The Morgan fingerprint density at radius 3 is 1.97 bits per heavy atom. The summed E-state index contributed by atoms with van der Waals surface area (Å²) in [5.41, 5.74) is 10.7. The van der Waals surface area contributed by atoms with E-state index in [-0.39, 0.29) is 52.5 Å². The fourth-order valence-electron chi connectivity index (χ4n) is 14.3. The second-order valence-electron chi connectivity index (χ2n) is 29.1. The zero-order valence-corrected chi connectivity index (χ0v) is 62.6. The monoisotopic (exact) mass is 1590 g/mol. The minimum atomic E-state index is -2.36. The highest BCUT2D eigenvalue weighted by molar-refractivity contribution is 6.32. The molecule has 7 aromatic carbocycles. The molecule has 602 valence electrons. The van der Waals surface area contributed by atoms with Crippen LogP contribution in [0.5, 0.6) is 46.0 Å². The van der Waals surface area contributed by atoms with Gasteiger partial charge in [-0.3, -0.25) is 33.6 Å². The van der Waals surface area contributed by atoms with E-state index in [1.165, 1.54) is 39.1 Å². The Morgan fingerprint density at radius 2 is 1.32 bits per heavy atom. The van der Waals surface area contributed by atoms with Gasteiger partial charge < -0.3 is 128 Å². The highest BCUT2D eigenvalue weighted by Gasteiger charge is 2.52. The van der Waals surface area contributed by atoms with Crippen molar-refractivity contribution in [3.8, 4) is 68.2 Å². The smallest absolute Gasteiger partial charge is 0.330 e. The summed E-state index contributed by atoms with van der Waals surface area (Å²) in [6.45, 7) is 5.72. The molecule has 14 rings (SSSR count). The number of hydrogen-bond acceptors (Lipinski definition) is 25. The SMILES string of the molecule is CN[C@H](CC(C)C)C(=O)N[C@H]1C(=O)N[C@@H](CC(N)=O)C(=O)N[C@H]2C(=O)N[C@H]3C(=O)N[C@H](C(=O)N[C@H](C(=O)O)c4cc(O)cc(O)c4-c4cc3ccc4O)[C@H](O)c3ccc(c(Cl)c3)Oc3cc2cc(c3O[C@@H]2O[C@H](CO)[C@@H](O)[C@H](O)[C@H]2O[C@H]2C[C@](C)(N)[C@H](O)[C@H](C)O2)Oc2ccc(cc2/C=C/c2ccc(-c3ccccc3)cc2)[C@H]1O. The van der Waals surface area contributed by atoms with E-state index < -0.39 is 231 Å². The third-order valence-electron chi connectivity index (χ3n) is 20.3. The minimum Gasteiger partial charge on any atom is -0.508 e. The number of carboxylic acids is 1. The van der Waals surface area contributed by atoms with E-state index >= 15 is 19.2 Å². The number of aliphatic hydroxyl groups is 6. The number of ether oxygens (including phenoxy) is 6. The summed E-state index contributed by atoms with van der Waals surface area (Å²) in [7, 11) is 1.49. The van der Waals surface area contributed by atoms with Gasteiger partial charge >= 0.3 is 5.97 Å². The number of aromatic hydroxyl groups is 3. The van der Waals surface area contributed by atoms with Crippen LogP contribution in [0.15, 0.2) is 133 Å². The van der Waals surface area contributed by atoms with E-state index in [1.54, 1.807) is 24.3 Å². The van der Waals surface area contributed by atoms with Crippen LogP contribution in [0, 0.1) is 5.92 Å². The van der Waals surface area contributed by atoms with Crippen molar-refractivity contribution in [3.63, 3.8) is 0 Å². The summed E-state index contributed by atoms with van der Waals surface area (Å²) >= 11 is 7.18. The van der Waals surface area contributed by atoms with Crippen molar-refractivity contribution >= 4 is 71.1 Å². The highest BCUT2D eigenvalue weighted by Crippen LogP contribution is 2.50. The lowest BCUT2D eigenvalue weighted by atomic mass is 9.86. The maximum Gasteiger partial charge on any atom is 0.330 e. The number of carbonyl (C=O) groups excluding carboxylic acids is 7. The molecule has 21 N–H and O–H groups in total. The van der Waals surface area contributed by atoms with Crippen molar-refractivity contribution in [1.82, 2.24) is 37.2 Å². The van der Waals surface area contributed by atoms with Gasteiger partial charge in [0.25, 0.3) is 0 Å². The first-order valence-corrected chi connectivity index (χ1v) is 36.7. The van der Waals surface area contributed by atoms with Crippen LogP contribution in [0.25, 0.3) is 34.4 Å². The average Bonchev–Trinajstić information content (AvgIpc) is 0.766. The molecule has 33 nitrogen and oxygen atoms in total. The Kier molecular flexibility index (Phi) is 24.6. The van der Waals surface area contributed by atoms with Crippen LogP contribution in [0.4, 0.5) is 0 Å². The molecule has 0 aliphatic carbocycles. The lowest BCUT2D eigenvalue weighted by Crippen LogP contribution is -2.64. The molecular formula is C80H86ClN9O24. The molecule has 7 aromatic rings. The number of phenolic OH excluding ortho intramolecular Hbond substituents is 3.